The van der Waals surface area contributed by atoms with Crippen LogP contribution in [0.25, 0.3) is 33.2 Å². The van der Waals surface area contributed by atoms with Crippen LogP contribution >= 0.6 is 23.7 Å². The van der Waals surface area contributed by atoms with Crippen LogP contribution in [0, 0.1) is 5.92 Å². The SMILES string of the molecule is CCSc1ccc(-c2cc3cc(-c4cnc(OC)c(NSCC(C)C)c4)ccc3nc2N)cc1. The third-order valence-electron chi connectivity index (χ3n) is 5.30. The van der Waals surface area contributed by atoms with Crippen LogP contribution in [0.15, 0.2) is 65.7 Å². The van der Waals surface area contributed by atoms with E-state index in [1.54, 1.807) is 19.1 Å². The lowest BCUT2D eigenvalue weighted by Gasteiger charge is -2.13. The Kier molecular flexibility index (Phi) is 7.85. The van der Waals surface area contributed by atoms with E-state index in [4.69, 9.17) is 10.5 Å². The summed E-state index contributed by atoms with van der Waals surface area (Å²) in [4.78, 5) is 10.4. The Morgan fingerprint density at radius 2 is 1.76 bits per heavy atom. The molecule has 0 saturated heterocycles. The number of methoxy groups -OCH3 is 1. The number of pyridine rings is 2. The molecule has 0 amide bonds. The molecule has 0 aliphatic carbocycles. The highest BCUT2D eigenvalue weighted by Gasteiger charge is 2.11. The normalized spacial score (nSPS) is 11.2. The molecule has 0 radical (unpaired) electrons. The zero-order valence-electron chi connectivity index (χ0n) is 20.0. The smallest absolute Gasteiger partial charge is 0.237 e. The molecule has 4 aromatic rings. The van der Waals surface area contributed by atoms with Crippen LogP contribution in [0.1, 0.15) is 20.8 Å². The van der Waals surface area contributed by atoms with Gasteiger partial charge in [0.1, 0.15) is 11.5 Å². The van der Waals surface area contributed by atoms with Gasteiger partial charge >= 0.3 is 0 Å². The molecule has 7 heteroatoms. The molecule has 0 unspecified atom stereocenters. The molecular weight excluding hydrogens is 460 g/mol. The van der Waals surface area contributed by atoms with Crippen molar-refractivity contribution in [2.45, 2.75) is 25.7 Å². The Hall–Kier alpha value is -2.90. The van der Waals surface area contributed by atoms with Crippen LogP contribution < -0.4 is 15.2 Å². The minimum absolute atomic E-state index is 0.538. The number of aromatic nitrogens is 2. The monoisotopic (exact) mass is 490 g/mol. The van der Waals surface area contributed by atoms with Crippen molar-refractivity contribution in [2.24, 2.45) is 5.92 Å². The number of ether oxygens (including phenoxy) is 1. The van der Waals surface area contributed by atoms with Gasteiger partial charge < -0.3 is 15.2 Å². The van der Waals surface area contributed by atoms with Crippen molar-refractivity contribution < 1.29 is 4.74 Å². The molecule has 2 aromatic heterocycles. The van der Waals surface area contributed by atoms with Gasteiger partial charge in [0.15, 0.2) is 0 Å². The van der Waals surface area contributed by atoms with Crippen LogP contribution in [0.4, 0.5) is 11.5 Å². The minimum Gasteiger partial charge on any atom is -0.480 e. The van der Waals surface area contributed by atoms with E-state index in [-0.39, 0.29) is 0 Å². The van der Waals surface area contributed by atoms with E-state index in [9.17, 15) is 0 Å². The van der Waals surface area contributed by atoms with Gasteiger partial charge in [-0.1, -0.05) is 50.9 Å². The topological polar surface area (TPSA) is 73.1 Å². The Balaban J connectivity index is 1.68. The number of nitrogens with two attached hydrogens (primary N) is 1. The molecule has 3 N–H and O–H groups in total. The van der Waals surface area contributed by atoms with Crippen molar-refractivity contribution in [3.05, 3.63) is 60.8 Å². The zero-order chi connectivity index (χ0) is 24.1. The molecule has 0 atom stereocenters. The van der Waals surface area contributed by atoms with Crippen molar-refractivity contribution in [3.63, 3.8) is 0 Å². The van der Waals surface area contributed by atoms with Crippen molar-refractivity contribution in [1.82, 2.24) is 9.97 Å². The number of hydrogen-bond acceptors (Lipinski definition) is 7. The summed E-state index contributed by atoms with van der Waals surface area (Å²) >= 11 is 3.49. The number of thioether (sulfide) groups is 1. The van der Waals surface area contributed by atoms with Gasteiger partial charge in [-0.3, -0.25) is 0 Å². The van der Waals surface area contributed by atoms with Gasteiger partial charge in [-0.25, -0.2) is 9.97 Å². The predicted molar refractivity (Wildman–Crippen MR) is 149 cm³/mol. The van der Waals surface area contributed by atoms with Gasteiger partial charge in [0.25, 0.3) is 0 Å². The Morgan fingerprint density at radius 3 is 2.47 bits per heavy atom. The molecular formula is C27H30N4OS2. The lowest BCUT2D eigenvalue weighted by atomic mass is 10.0. The molecule has 0 saturated carbocycles. The summed E-state index contributed by atoms with van der Waals surface area (Å²) in [6.45, 7) is 6.55. The second kappa shape index (κ2) is 11.0. The molecule has 0 spiro atoms. The van der Waals surface area contributed by atoms with Gasteiger partial charge in [0.05, 0.1) is 12.6 Å². The largest absolute Gasteiger partial charge is 0.480 e. The summed E-state index contributed by atoms with van der Waals surface area (Å²) in [6, 6.07) is 18.9. The zero-order valence-corrected chi connectivity index (χ0v) is 21.6. The van der Waals surface area contributed by atoms with Crippen molar-refractivity contribution in [2.75, 3.05) is 29.1 Å². The fourth-order valence-corrected chi connectivity index (χ4v) is 5.01. The minimum atomic E-state index is 0.538. The average molecular weight is 491 g/mol. The van der Waals surface area contributed by atoms with Crippen molar-refractivity contribution >= 4 is 46.1 Å². The maximum Gasteiger partial charge on any atom is 0.237 e. The highest BCUT2D eigenvalue weighted by molar-refractivity contribution is 8.00. The van der Waals surface area contributed by atoms with Gasteiger partial charge in [-0.2, -0.15) is 0 Å². The molecule has 0 bridgehead atoms. The van der Waals surface area contributed by atoms with E-state index in [1.165, 1.54) is 4.90 Å². The molecule has 34 heavy (non-hydrogen) atoms. The molecule has 0 aliphatic rings. The number of anilines is 2. The summed E-state index contributed by atoms with van der Waals surface area (Å²) in [5, 5.41) is 1.04. The van der Waals surface area contributed by atoms with Crippen LogP contribution in [-0.4, -0.2) is 28.6 Å². The molecule has 0 aliphatic heterocycles. The fraction of sp³-hybridized carbons (Fsp3) is 0.259. The molecule has 2 aromatic carbocycles. The van der Waals surface area contributed by atoms with E-state index in [1.807, 2.05) is 24.0 Å². The molecule has 2 heterocycles. The highest BCUT2D eigenvalue weighted by atomic mass is 32.2. The molecule has 176 valence electrons. The first-order chi connectivity index (χ1) is 16.5. The van der Waals surface area contributed by atoms with Gasteiger partial charge in [0.2, 0.25) is 5.88 Å². The summed E-state index contributed by atoms with van der Waals surface area (Å²) in [7, 11) is 1.64. The first-order valence-electron chi connectivity index (χ1n) is 11.3. The molecule has 0 fully saturated rings. The van der Waals surface area contributed by atoms with Crippen molar-refractivity contribution in [1.29, 1.82) is 0 Å². The maximum absolute atomic E-state index is 6.33. The number of hydrogen-bond donors (Lipinski definition) is 2. The first-order valence-corrected chi connectivity index (χ1v) is 13.3. The number of fused-ring (bicyclic) bond motifs is 1. The van der Waals surface area contributed by atoms with E-state index in [0.717, 1.165) is 50.3 Å². The van der Waals surface area contributed by atoms with Crippen LogP contribution in [0.5, 0.6) is 5.88 Å². The van der Waals surface area contributed by atoms with Gasteiger partial charge in [-0.15, -0.1) is 11.8 Å². The van der Waals surface area contributed by atoms with E-state index in [0.29, 0.717) is 17.6 Å². The van der Waals surface area contributed by atoms with Crippen LogP contribution in [-0.2, 0) is 0 Å². The Bertz CT molecular complexity index is 1280. The maximum atomic E-state index is 6.33. The van der Waals surface area contributed by atoms with Gasteiger partial charge in [0, 0.05) is 33.4 Å². The number of nitrogen functional groups attached to an aromatic ring is 1. The Morgan fingerprint density at radius 1 is 1.00 bits per heavy atom. The van der Waals surface area contributed by atoms with Crippen LogP contribution in [0.3, 0.4) is 0 Å². The second-order valence-corrected chi connectivity index (χ2v) is 10.5. The first kappa shape index (κ1) is 24.2. The summed E-state index contributed by atoms with van der Waals surface area (Å²) < 4.78 is 8.85. The molecule has 4 rings (SSSR count). The lowest BCUT2D eigenvalue weighted by Crippen LogP contribution is -1.99. The second-order valence-electron chi connectivity index (χ2n) is 8.37. The van der Waals surface area contributed by atoms with E-state index < -0.39 is 0 Å². The van der Waals surface area contributed by atoms with E-state index >= 15 is 0 Å². The quantitative estimate of drug-likeness (QED) is 0.187. The van der Waals surface area contributed by atoms with Crippen LogP contribution in [0.2, 0.25) is 0 Å². The van der Waals surface area contributed by atoms with Gasteiger partial charge in [-0.05, 0) is 59.2 Å². The highest BCUT2D eigenvalue weighted by Crippen LogP contribution is 2.34. The predicted octanol–water partition coefficient (Wildman–Crippen LogP) is 7.38. The van der Waals surface area contributed by atoms with Crippen molar-refractivity contribution in [3.8, 4) is 28.1 Å². The van der Waals surface area contributed by atoms with E-state index in [2.05, 4.69) is 84.0 Å². The average Bonchev–Trinajstić information content (AvgIpc) is 2.84. The Labute approximate surface area is 210 Å². The molecule has 5 nitrogen and oxygen atoms in total. The summed E-state index contributed by atoms with van der Waals surface area (Å²) in [5.41, 5.74) is 12.2. The third-order valence-corrected chi connectivity index (χ3v) is 7.39. The third kappa shape index (κ3) is 5.59. The summed E-state index contributed by atoms with van der Waals surface area (Å²) in [5.74, 6) is 3.77. The number of benzene rings is 2. The number of rotatable bonds is 9. The fourth-order valence-electron chi connectivity index (χ4n) is 3.63. The summed E-state index contributed by atoms with van der Waals surface area (Å²) in [6.07, 6.45) is 1.84. The number of nitrogens with zero attached hydrogens (tertiary/aromatic N) is 2. The standard InChI is InChI=1S/C27H30N4OS2/c1-5-33-22-9-6-18(7-10-22)23-13-20-12-19(8-11-24(20)30-26(23)28)21-14-25(27(32-4)29-15-21)31-34-16-17(2)3/h6-15,17,31H,5,16H2,1-4H3,(H2,28,30). The number of nitrogens with one attached hydrogen (secondary N) is 1. The lowest BCUT2D eigenvalue weighted by molar-refractivity contribution is 0.400.